The van der Waals surface area contributed by atoms with Crippen molar-refractivity contribution in [2.75, 3.05) is 26.2 Å². The van der Waals surface area contributed by atoms with Gasteiger partial charge in [0.05, 0.1) is 6.54 Å². The Morgan fingerprint density at radius 2 is 1.88 bits per heavy atom. The maximum absolute atomic E-state index is 12.6. The first-order valence-corrected chi connectivity index (χ1v) is 9.62. The second-order valence-corrected chi connectivity index (χ2v) is 7.92. The van der Waals surface area contributed by atoms with Gasteiger partial charge in [0.2, 0.25) is 5.91 Å². The van der Waals surface area contributed by atoms with Gasteiger partial charge in [0, 0.05) is 35.9 Å². The lowest BCUT2D eigenvalue weighted by Crippen LogP contribution is -2.39. The molecule has 0 N–H and O–H groups in total. The fourth-order valence-electron chi connectivity index (χ4n) is 3.19. The van der Waals surface area contributed by atoms with Crippen LogP contribution in [0.3, 0.4) is 0 Å². The molecular formula is C20H26N2OS. The summed E-state index contributed by atoms with van der Waals surface area (Å²) in [5.41, 5.74) is 1.33. The fraction of sp³-hybridized carbons (Fsp3) is 0.450. The smallest absolute Gasteiger partial charge is 0.236 e. The number of nitrogens with zero attached hydrogens (tertiary/aromatic N) is 2. The van der Waals surface area contributed by atoms with Crippen molar-refractivity contribution in [3.63, 3.8) is 0 Å². The predicted octanol–water partition coefficient (Wildman–Crippen LogP) is 3.72. The molecule has 1 fully saturated rings. The summed E-state index contributed by atoms with van der Waals surface area (Å²) in [6, 6.07) is 14.9. The van der Waals surface area contributed by atoms with E-state index >= 15 is 0 Å². The first kappa shape index (κ1) is 17.2. The van der Waals surface area contributed by atoms with E-state index in [9.17, 15) is 4.79 Å². The molecule has 1 aromatic heterocycles. The molecule has 4 heteroatoms. The Balaban J connectivity index is 1.61. The summed E-state index contributed by atoms with van der Waals surface area (Å²) in [5.74, 6) is 0.286. The van der Waals surface area contributed by atoms with Gasteiger partial charge in [0.15, 0.2) is 0 Å². The van der Waals surface area contributed by atoms with Crippen molar-refractivity contribution < 1.29 is 4.79 Å². The average Bonchev–Trinajstić information content (AvgIpc) is 3.25. The van der Waals surface area contributed by atoms with E-state index in [0.717, 1.165) is 45.4 Å². The van der Waals surface area contributed by atoms with Crippen molar-refractivity contribution in [2.24, 2.45) is 0 Å². The Morgan fingerprint density at radius 1 is 1.12 bits per heavy atom. The molecule has 0 radical (unpaired) electrons. The SMILES string of the molecule is Cc1ccc(CN(CCc2ccccc2)CC(=O)N2CCCC2)s1. The highest BCUT2D eigenvalue weighted by Gasteiger charge is 2.20. The fourth-order valence-corrected chi connectivity index (χ4v) is 4.13. The van der Waals surface area contributed by atoms with Gasteiger partial charge in [-0.2, -0.15) is 0 Å². The third-order valence-electron chi connectivity index (χ3n) is 4.55. The van der Waals surface area contributed by atoms with Crippen molar-refractivity contribution in [2.45, 2.75) is 32.7 Å². The predicted molar refractivity (Wildman–Crippen MR) is 100 cm³/mol. The van der Waals surface area contributed by atoms with E-state index in [1.54, 1.807) is 0 Å². The van der Waals surface area contributed by atoms with E-state index in [2.05, 4.69) is 48.2 Å². The van der Waals surface area contributed by atoms with Crippen LogP contribution in [0.15, 0.2) is 42.5 Å². The van der Waals surface area contributed by atoms with Crippen LogP contribution in [-0.4, -0.2) is 41.9 Å². The quantitative estimate of drug-likeness (QED) is 0.765. The van der Waals surface area contributed by atoms with E-state index in [-0.39, 0.29) is 5.91 Å². The van der Waals surface area contributed by atoms with Gasteiger partial charge in [0.1, 0.15) is 0 Å². The summed E-state index contributed by atoms with van der Waals surface area (Å²) in [4.78, 5) is 19.6. The van der Waals surface area contributed by atoms with Gasteiger partial charge in [-0.15, -0.1) is 11.3 Å². The van der Waals surface area contributed by atoms with Crippen molar-refractivity contribution >= 4 is 17.2 Å². The molecule has 3 nitrogen and oxygen atoms in total. The average molecular weight is 343 g/mol. The number of benzene rings is 1. The molecule has 128 valence electrons. The van der Waals surface area contributed by atoms with Gasteiger partial charge < -0.3 is 4.90 Å². The Bertz CT molecular complexity index is 647. The molecule has 1 amide bonds. The standard InChI is InChI=1S/C20H26N2OS/c1-17-9-10-19(24-17)15-21(14-11-18-7-3-2-4-8-18)16-20(23)22-12-5-6-13-22/h2-4,7-10H,5-6,11-16H2,1H3. The Labute approximate surface area is 148 Å². The van der Waals surface area contributed by atoms with E-state index in [4.69, 9.17) is 0 Å². The maximum atomic E-state index is 12.6. The molecule has 24 heavy (non-hydrogen) atoms. The van der Waals surface area contributed by atoms with Gasteiger partial charge in [0.25, 0.3) is 0 Å². The van der Waals surface area contributed by atoms with E-state index in [1.165, 1.54) is 15.3 Å². The summed E-state index contributed by atoms with van der Waals surface area (Å²) in [5, 5.41) is 0. The minimum atomic E-state index is 0.286. The Kier molecular flexibility index (Phi) is 6.05. The summed E-state index contributed by atoms with van der Waals surface area (Å²) in [6.07, 6.45) is 3.29. The second kappa shape index (κ2) is 8.45. The lowest BCUT2D eigenvalue weighted by molar-refractivity contribution is -0.131. The third kappa shape index (κ3) is 4.92. The molecule has 0 aliphatic carbocycles. The summed E-state index contributed by atoms with van der Waals surface area (Å²) in [6.45, 7) is 6.32. The van der Waals surface area contributed by atoms with Crippen LogP contribution < -0.4 is 0 Å². The number of aryl methyl sites for hydroxylation is 1. The number of hydrogen-bond acceptors (Lipinski definition) is 3. The number of carbonyl (C=O) groups is 1. The molecule has 0 unspecified atom stereocenters. The second-order valence-electron chi connectivity index (χ2n) is 6.55. The highest BCUT2D eigenvalue weighted by Crippen LogP contribution is 2.18. The van der Waals surface area contributed by atoms with Crippen LogP contribution >= 0.6 is 11.3 Å². The zero-order valence-electron chi connectivity index (χ0n) is 14.4. The van der Waals surface area contributed by atoms with E-state index < -0.39 is 0 Å². The molecule has 0 atom stereocenters. The maximum Gasteiger partial charge on any atom is 0.236 e. The van der Waals surface area contributed by atoms with Crippen molar-refractivity contribution in [3.05, 3.63) is 57.8 Å². The van der Waals surface area contributed by atoms with Gasteiger partial charge in [-0.25, -0.2) is 0 Å². The number of carbonyl (C=O) groups excluding carboxylic acids is 1. The first-order chi connectivity index (χ1) is 11.7. The third-order valence-corrected chi connectivity index (χ3v) is 5.54. The van der Waals surface area contributed by atoms with E-state index in [0.29, 0.717) is 6.54 Å². The summed E-state index contributed by atoms with van der Waals surface area (Å²) >= 11 is 1.83. The molecule has 1 aliphatic rings. The highest BCUT2D eigenvalue weighted by atomic mass is 32.1. The van der Waals surface area contributed by atoms with E-state index in [1.807, 2.05) is 22.3 Å². The molecule has 1 saturated heterocycles. The number of hydrogen-bond donors (Lipinski definition) is 0. The Morgan fingerprint density at radius 3 is 2.54 bits per heavy atom. The van der Waals surface area contributed by atoms with Crippen LogP contribution in [0, 0.1) is 6.92 Å². The Hall–Kier alpha value is -1.65. The molecule has 2 aromatic rings. The zero-order valence-corrected chi connectivity index (χ0v) is 15.2. The minimum absolute atomic E-state index is 0.286. The molecule has 0 bridgehead atoms. The van der Waals surface area contributed by atoms with Gasteiger partial charge in [-0.3, -0.25) is 9.69 Å². The van der Waals surface area contributed by atoms with Crippen LogP contribution in [0.2, 0.25) is 0 Å². The monoisotopic (exact) mass is 342 g/mol. The highest BCUT2D eigenvalue weighted by molar-refractivity contribution is 7.11. The summed E-state index contributed by atoms with van der Waals surface area (Å²) in [7, 11) is 0. The molecule has 1 aromatic carbocycles. The largest absolute Gasteiger partial charge is 0.342 e. The molecule has 0 saturated carbocycles. The number of amides is 1. The first-order valence-electron chi connectivity index (χ1n) is 8.80. The number of likely N-dealkylation sites (tertiary alicyclic amines) is 1. The van der Waals surface area contributed by atoms with Gasteiger partial charge in [-0.05, 0) is 43.9 Å². The molecular weight excluding hydrogens is 316 g/mol. The molecule has 1 aliphatic heterocycles. The zero-order chi connectivity index (χ0) is 16.8. The van der Waals surface area contributed by atoms with Crippen molar-refractivity contribution in [1.82, 2.24) is 9.80 Å². The minimum Gasteiger partial charge on any atom is -0.342 e. The molecule has 0 spiro atoms. The van der Waals surface area contributed by atoms with Gasteiger partial charge >= 0.3 is 0 Å². The molecule has 3 rings (SSSR count). The van der Waals surface area contributed by atoms with Crippen LogP contribution in [-0.2, 0) is 17.8 Å². The normalized spacial score (nSPS) is 14.5. The van der Waals surface area contributed by atoms with Crippen LogP contribution in [0.5, 0.6) is 0 Å². The van der Waals surface area contributed by atoms with Gasteiger partial charge in [-0.1, -0.05) is 30.3 Å². The van der Waals surface area contributed by atoms with Crippen LogP contribution in [0.1, 0.15) is 28.2 Å². The number of rotatable bonds is 7. The number of thiophene rings is 1. The molecule has 2 heterocycles. The van der Waals surface area contributed by atoms with Crippen LogP contribution in [0.4, 0.5) is 0 Å². The topological polar surface area (TPSA) is 23.6 Å². The summed E-state index contributed by atoms with van der Waals surface area (Å²) < 4.78 is 0. The lowest BCUT2D eigenvalue weighted by Gasteiger charge is -2.24. The van der Waals surface area contributed by atoms with Crippen molar-refractivity contribution in [1.29, 1.82) is 0 Å². The van der Waals surface area contributed by atoms with Crippen LogP contribution in [0.25, 0.3) is 0 Å². The van der Waals surface area contributed by atoms with Crippen molar-refractivity contribution in [3.8, 4) is 0 Å². The lowest BCUT2D eigenvalue weighted by atomic mass is 10.1.